The molecule has 0 fully saturated rings. The van der Waals surface area contributed by atoms with E-state index in [0.29, 0.717) is 19.6 Å². The van der Waals surface area contributed by atoms with Crippen LogP contribution >= 0.6 is 0 Å². The van der Waals surface area contributed by atoms with E-state index in [2.05, 4.69) is 5.32 Å². The molecule has 6 heteroatoms. The third kappa shape index (κ3) is 11.9. The Bertz CT molecular complexity index is 369. The Labute approximate surface area is 126 Å². The zero-order valence-corrected chi connectivity index (χ0v) is 13.8. The van der Waals surface area contributed by atoms with Crippen molar-refractivity contribution >= 4 is 12.1 Å². The van der Waals surface area contributed by atoms with Crippen molar-refractivity contribution in [2.45, 2.75) is 59.3 Å². The fourth-order valence-electron chi connectivity index (χ4n) is 1.34. The smallest absolute Gasteiger partial charge is 0.409 e. The molecule has 0 aliphatic rings. The second-order valence-electron chi connectivity index (χ2n) is 5.93. The quantitative estimate of drug-likeness (QED) is 0.339. The van der Waals surface area contributed by atoms with Gasteiger partial charge in [0.15, 0.2) is 0 Å². The minimum absolute atomic E-state index is 0.354. The van der Waals surface area contributed by atoms with Gasteiger partial charge in [0.25, 0.3) is 0 Å². The molecule has 0 aromatic carbocycles. The number of esters is 1. The maximum atomic E-state index is 11.6. The molecule has 0 aliphatic carbocycles. The van der Waals surface area contributed by atoms with Crippen molar-refractivity contribution in [3.8, 4) is 0 Å². The highest BCUT2D eigenvalue weighted by Crippen LogP contribution is 2.10. The van der Waals surface area contributed by atoms with Crippen molar-refractivity contribution in [1.82, 2.24) is 5.32 Å². The van der Waals surface area contributed by atoms with E-state index >= 15 is 0 Å². The van der Waals surface area contributed by atoms with E-state index in [1.165, 1.54) is 6.08 Å². The number of ether oxygens (including phenoxy) is 3. The monoisotopic (exact) mass is 301 g/mol. The summed E-state index contributed by atoms with van der Waals surface area (Å²) in [5.74, 6) is -0.372. The number of nitrogens with one attached hydrogen (secondary N) is 1. The normalized spacial score (nSPS) is 12.3. The standard InChI is InChI=1S/C15H27NO5/c1-7-19-12(17)10-8-9-11-20-15(5,6)16-13(18)21-14(2,3)4/h8,10H,7,9,11H2,1-6H3,(H,16,18)/b10-8+. The third-order valence-electron chi connectivity index (χ3n) is 2.09. The lowest BCUT2D eigenvalue weighted by Gasteiger charge is -2.28. The summed E-state index contributed by atoms with van der Waals surface area (Å²) in [5, 5.41) is 2.63. The maximum absolute atomic E-state index is 11.6. The van der Waals surface area contributed by atoms with E-state index in [1.807, 2.05) is 0 Å². The summed E-state index contributed by atoms with van der Waals surface area (Å²) in [5.41, 5.74) is -1.40. The highest BCUT2D eigenvalue weighted by molar-refractivity contribution is 5.81. The predicted molar refractivity (Wildman–Crippen MR) is 79.8 cm³/mol. The topological polar surface area (TPSA) is 73.9 Å². The molecule has 0 aromatic heterocycles. The van der Waals surface area contributed by atoms with Gasteiger partial charge in [-0.25, -0.2) is 9.59 Å². The van der Waals surface area contributed by atoms with E-state index in [9.17, 15) is 9.59 Å². The van der Waals surface area contributed by atoms with Crippen LogP contribution in [0.3, 0.4) is 0 Å². The molecule has 0 saturated heterocycles. The first-order chi connectivity index (χ1) is 9.56. The lowest BCUT2D eigenvalue weighted by atomic mass is 10.2. The average Bonchev–Trinajstić information content (AvgIpc) is 2.24. The maximum Gasteiger partial charge on any atom is 0.409 e. The Morgan fingerprint density at radius 2 is 1.76 bits per heavy atom. The van der Waals surface area contributed by atoms with Crippen LogP contribution in [-0.2, 0) is 19.0 Å². The fraction of sp³-hybridized carbons (Fsp3) is 0.733. The van der Waals surface area contributed by atoms with Gasteiger partial charge < -0.3 is 14.2 Å². The first-order valence-electron chi connectivity index (χ1n) is 7.04. The summed E-state index contributed by atoms with van der Waals surface area (Å²) in [6.07, 6.45) is 3.04. The second kappa shape index (κ2) is 8.67. The van der Waals surface area contributed by atoms with Crippen LogP contribution in [0.4, 0.5) is 4.79 Å². The number of rotatable bonds is 7. The van der Waals surface area contributed by atoms with E-state index in [1.54, 1.807) is 47.6 Å². The molecule has 122 valence electrons. The van der Waals surface area contributed by atoms with Gasteiger partial charge in [0, 0.05) is 6.08 Å². The molecule has 0 aromatic rings. The number of carbonyl (C=O) groups excluding carboxylic acids is 2. The molecule has 0 radical (unpaired) electrons. The van der Waals surface area contributed by atoms with Crippen molar-refractivity contribution in [3.63, 3.8) is 0 Å². The van der Waals surface area contributed by atoms with Crippen LogP contribution in [0.2, 0.25) is 0 Å². The highest BCUT2D eigenvalue weighted by atomic mass is 16.6. The summed E-state index contributed by atoms with van der Waals surface area (Å²) in [4.78, 5) is 22.7. The first kappa shape index (κ1) is 19.4. The summed E-state index contributed by atoms with van der Waals surface area (Å²) in [6.45, 7) is 11.3. The van der Waals surface area contributed by atoms with Crippen LogP contribution in [0.15, 0.2) is 12.2 Å². The molecule has 0 spiro atoms. The van der Waals surface area contributed by atoms with E-state index in [-0.39, 0.29) is 5.97 Å². The van der Waals surface area contributed by atoms with Gasteiger partial charge in [0.05, 0.1) is 13.2 Å². The predicted octanol–water partition coefficient (Wildman–Crippen LogP) is 2.77. The zero-order chi connectivity index (χ0) is 16.5. The number of hydrogen-bond donors (Lipinski definition) is 1. The van der Waals surface area contributed by atoms with Gasteiger partial charge in [0.1, 0.15) is 11.3 Å². The zero-order valence-electron chi connectivity index (χ0n) is 13.8. The summed E-state index contributed by atoms with van der Waals surface area (Å²) >= 11 is 0. The highest BCUT2D eigenvalue weighted by Gasteiger charge is 2.24. The molecule has 0 unspecified atom stereocenters. The number of carbonyl (C=O) groups is 2. The van der Waals surface area contributed by atoms with Gasteiger partial charge in [-0.05, 0) is 48.0 Å². The van der Waals surface area contributed by atoms with Crippen molar-refractivity contribution in [3.05, 3.63) is 12.2 Å². The summed E-state index contributed by atoms with van der Waals surface area (Å²) < 4.78 is 15.4. The van der Waals surface area contributed by atoms with E-state index < -0.39 is 17.4 Å². The van der Waals surface area contributed by atoms with Gasteiger partial charge >= 0.3 is 12.1 Å². The molecule has 0 heterocycles. The summed E-state index contributed by atoms with van der Waals surface area (Å²) in [7, 11) is 0. The van der Waals surface area contributed by atoms with Gasteiger partial charge in [0.2, 0.25) is 0 Å². The number of alkyl carbamates (subject to hydrolysis) is 1. The lowest BCUT2D eigenvalue weighted by Crippen LogP contribution is -2.47. The molecule has 1 N–H and O–H groups in total. The van der Waals surface area contributed by atoms with E-state index in [4.69, 9.17) is 14.2 Å². The molecule has 21 heavy (non-hydrogen) atoms. The molecule has 1 amide bonds. The fourth-order valence-corrected chi connectivity index (χ4v) is 1.34. The van der Waals surface area contributed by atoms with Crippen LogP contribution in [0, 0.1) is 0 Å². The lowest BCUT2D eigenvalue weighted by molar-refractivity contribution is -0.137. The van der Waals surface area contributed by atoms with Crippen LogP contribution in [0.5, 0.6) is 0 Å². The van der Waals surface area contributed by atoms with Crippen molar-refractivity contribution in [2.24, 2.45) is 0 Å². The van der Waals surface area contributed by atoms with Crippen molar-refractivity contribution < 1.29 is 23.8 Å². The number of hydrogen-bond acceptors (Lipinski definition) is 5. The van der Waals surface area contributed by atoms with Crippen LogP contribution < -0.4 is 5.32 Å². The van der Waals surface area contributed by atoms with Gasteiger partial charge in [-0.1, -0.05) is 6.08 Å². The molecule has 0 bridgehead atoms. The third-order valence-corrected chi connectivity index (χ3v) is 2.09. The van der Waals surface area contributed by atoms with Crippen LogP contribution in [0.1, 0.15) is 48.0 Å². The first-order valence-corrected chi connectivity index (χ1v) is 7.04. The Hall–Kier alpha value is -1.56. The SMILES string of the molecule is CCOC(=O)/C=C/CCOC(C)(C)NC(=O)OC(C)(C)C. The Balaban J connectivity index is 4.03. The van der Waals surface area contributed by atoms with Crippen molar-refractivity contribution in [1.29, 1.82) is 0 Å². The average molecular weight is 301 g/mol. The Morgan fingerprint density at radius 3 is 2.29 bits per heavy atom. The molecule has 0 rings (SSSR count). The largest absolute Gasteiger partial charge is 0.463 e. The van der Waals surface area contributed by atoms with Crippen LogP contribution in [-0.4, -0.2) is 36.6 Å². The molecule has 6 nitrogen and oxygen atoms in total. The van der Waals surface area contributed by atoms with E-state index in [0.717, 1.165) is 0 Å². The van der Waals surface area contributed by atoms with Gasteiger partial charge in [-0.15, -0.1) is 0 Å². The molecule has 0 saturated carbocycles. The molecule has 0 atom stereocenters. The van der Waals surface area contributed by atoms with Gasteiger partial charge in [-0.2, -0.15) is 0 Å². The minimum atomic E-state index is -0.847. The van der Waals surface area contributed by atoms with Crippen molar-refractivity contribution in [2.75, 3.05) is 13.2 Å². The Morgan fingerprint density at radius 1 is 1.14 bits per heavy atom. The number of amides is 1. The molecule has 0 aliphatic heterocycles. The molecular formula is C15H27NO5. The Kier molecular flexibility index (Phi) is 8.02. The van der Waals surface area contributed by atoms with Gasteiger partial charge in [-0.3, -0.25) is 5.32 Å². The minimum Gasteiger partial charge on any atom is -0.463 e. The van der Waals surface area contributed by atoms with Crippen LogP contribution in [0.25, 0.3) is 0 Å². The molecular weight excluding hydrogens is 274 g/mol. The summed E-state index contributed by atoms with van der Waals surface area (Å²) in [6, 6.07) is 0. The second-order valence-corrected chi connectivity index (χ2v) is 5.93.